The summed E-state index contributed by atoms with van der Waals surface area (Å²) in [7, 11) is 3.75. The summed E-state index contributed by atoms with van der Waals surface area (Å²) in [6.45, 7) is 1.72. The number of methoxy groups -OCH3 is 1. The molecule has 0 aromatic carbocycles. The minimum atomic E-state index is -0.130. The van der Waals surface area contributed by atoms with Crippen molar-refractivity contribution in [3.05, 3.63) is 24.0 Å². The highest BCUT2D eigenvalue weighted by Crippen LogP contribution is 2.25. The van der Waals surface area contributed by atoms with Crippen LogP contribution >= 0.6 is 0 Å². The van der Waals surface area contributed by atoms with Gasteiger partial charge in [-0.2, -0.15) is 0 Å². The van der Waals surface area contributed by atoms with Gasteiger partial charge in [-0.05, 0) is 31.9 Å². The van der Waals surface area contributed by atoms with E-state index in [1.165, 1.54) is 12.8 Å². The molecule has 0 bridgehead atoms. The molecule has 0 aliphatic heterocycles. The molecule has 106 valence electrons. The van der Waals surface area contributed by atoms with Gasteiger partial charge in [-0.3, -0.25) is 4.98 Å². The van der Waals surface area contributed by atoms with E-state index in [9.17, 15) is 5.11 Å². The summed E-state index contributed by atoms with van der Waals surface area (Å²) >= 11 is 0. The Balaban J connectivity index is 1.87. The van der Waals surface area contributed by atoms with Crippen molar-refractivity contribution in [3.8, 4) is 5.75 Å². The summed E-state index contributed by atoms with van der Waals surface area (Å²) in [6.07, 6.45) is 6.14. The Kier molecular flexibility index (Phi) is 5.16. The van der Waals surface area contributed by atoms with Gasteiger partial charge in [-0.25, -0.2) is 0 Å². The average Bonchev–Trinajstić information content (AvgIpc) is 2.41. The number of hydrogen-bond acceptors (Lipinski definition) is 4. The summed E-state index contributed by atoms with van der Waals surface area (Å²) in [5, 5.41) is 10.0. The summed E-state index contributed by atoms with van der Waals surface area (Å²) in [4.78, 5) is 6.59. The maximum absolute atomic E-state index is 10.0. The van der Waals surface area contributed by atoms with Crippen molar-refractivity contribution in [1.29, 1.82) is 0 Å². The predicted molar refractivity (Wildman–Crippen MR) is 75.1 cm³/mol. The predicted octanol–water partition coefficient (Wildman–Crippen LogP) is 2.07. The molecule has 19 heavy (non-hydrogen) atoms. The van der Waals surface area contributed by atoms with E-state index in [-0.39, 0.29) is 6.10 Å². The fourth-order valence-corrected chi connectivity index (χ4v) is 2.81. The minimum absolute atomic E-state index is 0.130. The van der Waals surface area contributed by atoms with E-state index in [0.717, 1.165) is 37.4 Å². The molecule has 1 saturated carbocycles. The van der Waals surface area contributed by atoms with E-state index in [2.05, 4.69) is 16.9 Å². The van der Waals surface area contributed by atoms with Crippen LogP contribution in [-0.2, 0) is 6.54 Å². The van der Waals surface area contributed by atoms with Crippen molar-refractivity contribution in [2.24, 2.45) is 5.92 Å². The van der Waals surface area contributed by atoms with Crippen molar-refractivity contribution >= 4 is 0 Å². The van der Waals surface area contributed by atoms with E-state index < -0.39 is 0 Å². The molecule has 2 atom stereocenters. The molecular formula is C15H24N2O2. The van der Waals surface area contributed by atoms with Crippen LogP contribution in [0.4, 0.5) is 0 Å². The Bertz CT molecular complexity index is 397. The molecule has 4 nitrogen and oxygen atoms in total. The molecule has 0 spiro atoms. The summed E-state index contributed by atoms with van der Waals surface area (Å²) in [5.74, 6) is 1.25. The van der Waals surface area contributed by atoms with Crippen molar-refractivity contribution in [3.63, 3.8) is 0 Å². The van der Waals surface area contributed by atoms with Crippen molar-refractivity contribution < 1.29 is 9.84 Å². The lowest BCUT2D eigenvalue weighted by Crippen LogP contribution is -2.34. The van der Waals surface area contributed by atoms with Gasteiger partial charge in [0.1, 0.15) is 5.75 Å². The molecule has 1 heterocycles. The minimum Gasteiger partial charge on any atom is -0.497 e. The first kappa shape index (κ1) is 14.3. The topological polar surface area (TPSA) is 45.6 Å². The number of rotatable bonds is 5. The summed E-state index contributed by atoms with van der Waals surface area (Å²) in [5.41, 5.74) is 1.01. The largest absolute Gasteiger partial charge is 0.497 e. The van der Waals surface area contributed by atoms with Crippen LogP contribution in [0, 0.1) is 5.92 Å². The number of pyridine rings is 1. The summed E-state index contributed by atoms with van der Waals surface area (Å²) < 4.78 is 5.20. The molecule has 2 unspecified atom stereocenters. The van der Waals surface area contributed by atoms with E-state index in [4.69, 9.17) is 4.74 Å². The van der Waals surface area contributed by atoms with Crippen LogP contribution in [0.15, 0.2) is 18.3 Å². The molecule has 1 aliphatic rings. The van der Waals surface area contributed by atoms with Crippen LogP contribution in [0.2, 0.25) is 0 Å². The van der Waals surface area contributed by atoms with E-state index in [0.29, 0.717) is 5.92 Å². The standard InChI is InChI=1S/C15H24N2O2/c1-17(10-12-5-3-4-6-15(12)18)11-13-9-14(19-2)7-8-16-13/h7-9,12,15,18H,3-6,10-11H2,1-2H3. The van der Waals surface area contributed by atoms with Gasteiger partial charge in [0.25, 0.3) is 0 Å². The Morgan fingerprint density at radius 3 is 2.95 bits per heavy atom. The van der Waals surface area contributed by atoms with Gasteiger partial charge in [0.2, 0.25) is 0 Å². The Labute approximate surface area is 115 Å². The van der Waals surface area contributed by atoms with Crippen LogP contribution in [0.25, 0.3) is 0 Å². The molecule has 4 heteroatoms. The molecule has 0 amide bonds. The molecule has 1 aromatic rings. The number of ether oxygens (including phenoxy) is 1. The number of hydrogen-bond donors (Lipinski definition) is 1. The van der Waals surface area contributed by atoms with Crippen LogP contribution in [0.5, 0.6) is 5.75 Å². The highest BCUT2D eigenvalue weighted by molar-refractivity contribution is 5.22. The second-order valence-electron chi connectivity index (χ2n) is 5.50. The second kappa shape index (κ2) is 6.87. The SMILES string of the molecule is COc1ccnc(CN(C)CC2CCCCC2O)c1. The molecule has 1 aromatic heterocycles. The third-order valence-electron chi connectivity index (χ3n) is 3.87. The highest BCUT2D eigenvalue weighted by atomic mass is 16.5. The fourth-order valence-electron chi connectivity index (χ4n) is 2.81. The zero-order valence-corrected chi connectivity index (χ0v) is 11.9. The van der Waals surface area contributed by atoms with Crippen LogP contribution in [0.1, 0.15) is 31.4 Å². The smallest absolute Gasteiger partial charge is 0.122 e. The Morgan fingerprint density at radius 1 is 1.42 bits per heavy atom. The maximum atomic E-state index is 10.0. The number of aliphatic hydroxyl groups excluding tert-OH is 1. The number of nitrogens with zero attached hydrogens (tertiary/aromatic N) is 2. The van der Waals surface area contributed by atoms with Crippen molar-refractivity contribution in [2.45, 2.75) is 38.3 Å². The monoisotopic (exact) mass is 264 g/mol. The Hall–Kier alpha value is -1.13. The highest BCUT2D eigenvalue weighted by Gasteiger charge is 2.24. The second-order valence-corrected chi connectivity index (χ2v) is 5.50. The first-order valence-electron chi connectivity index (χ1n) is 7.04. The zero-order chi connectivity index (χ0) is 13.7. The van der Waals surface area contributed by atoms with Crippen LogP contribution in [0.3, 0.4) is 0 Å². The molecule has 0 radical (unpaired) electrons. The normalized spacial score (nSPS) is 23.6. The third-order valence-corrected chi connectivity index (χ3v) is 3.87. The molecular weight excluding hydrogens is 240 g/mol. The maximum Gasteiger partial charge on any atom is 0.122 e. The van der Waals surface area contributed by atoms with Gasteiger partial charge in [-0.15, -0.1) is 0 Å². The molecule has 1 fully saturated rings. The van der Waals surface area contributed by atoms with Gasteiger partial charge in [0.15, 0.2) is 0 Å². The van der Waals surface area contributed by atoms with E-state index in [1.54, 1.807) is 13.3 Å². The van der Waals surface area contributed by atoms with Crippen molar-refractivity contribution in [1.82, 2.24) is 9.88 Å². The van der Waals surface area contributed by atoms with Crippen LogP contribution in [-0.4, -0.2) is 41.8 Å². The average molecular weight is 264 g/mol. The molecule has 1 N–H and O–H groups in total. The zero-order valence-electron chi connectivity index (χ0n) is 11.9. The van der Waals surface area contributed by atoms with Gasteiger partial charge in [-0.1, -0.05) is 12.8 Å². The van der Waals surface area contributed by atoms with Gasteiger partial charge in [0.05, 0.1) is 18.9 Å². The lowest BCUT2D eigenvalue weighted by molar-refractivity contribution is 0.0499. The first-order valence-corrected chi connectivity index (χ1v) is 7.04. The van der Waals surface area contributed by atoms with Crippen LogP contribution < -0.4 is 4.74 Å². The molecule has 1 aliphatic carbocycles. The van der Waals surface area contributed by atoms with Crippen molar-refractivity contribution in [2.75, 3.05) is 20.7 Å². The molecule has 2 rings (SSSR count). The van der Waals surface area contributed by atoms with E-state index >= 15 is 0 Å². The van der Waals surface area contributed by atoms with Gasteiger partial charge < -0.3 is 14.7 Å². The fraction of sp³-hybridized carbons (Fsp3) is 0.667. The molecule has 0 saturated heterocycles. The quantitative estimate of drug-likeness (QED) is 0.884. The number of aliphatic hydroxyl groups is 1. The Morgan fingerprint density at radius 2 is 2.21 bits per heavy atom. The first-order chi connectivity index (χ1) is 9.19. The third kappa shape index (κ3) is 4.18. The van der Waals surface area contributed by atoms with Gasteiger partial charge >= 0.3 is 0 Å². The lowest BCUT2D eigenvalue weighted by atomic mass is 9.86. The lowest BCUT2D eigenvalue weighted by Gasteiger charge is -2.31. The summed E-state index contributed by atoms with van der Waals surface area (Å²) in [6, 6.07) is 3.82. The van der Waals surface area contributed by atoms with E-state index in [1.807, 2.05) is 12.1 Å². The van der Waals surface area contributed by atoms with Gasteiger partial charge in [0, 0.05) is 25.4 Å². The number of aromatic nitrogens is 1.